The Balaban J connectivity index is 2.49. The van der Waals surface area contributed by atoms with E-state index in [9.17, 15) is 0 Å². The van der Waals surface area contributed by atoms with Crippen molar-refractivity contribution < 1.29 is 0 Å². The van der Waals surface area contributed by atoms with Crippen LogP contribution in [0.1, 0.15) is 6.92 Å². The lowest BCUT2D eigenvalue weighted by atomic mass is 10.4. The smallest absolute Gasteiger partial charge is 0.189 e. The monoisotopic (exact) mass is 192 g/mol. The number of hydrogen-bond acceptors (Lipinski definition) is 5. The number of nitrogens with zero attached hydrogens (tertiary/aromatic N) is 4. The molecule has 2 aromatic rings. The molecule has 0 N–H and O–H groups in total. The molecule has 0 radical (unpaired) electrons. The van der Waals surface area contributed by atoms with Gasteiger partial charge in [0.05, 0.1) is 5.39 Å². The second-order valence-electron chi connectivity index (χ2n) is 2.39. The van der Waals surface area contributed by atoms with Gasteiger partial charge in [0.1, 0.15) is 6.33 Å². The van der Waals surface area contributed by atoms with Crippen LogP contribution in [0.2, 0.25) is 0 Å². The molecule has 0 saturated heterocycles. The zero-order valence-corrected chi connectivity index (χ0v) is 7.95. The maximum absolute atomic E-state index is 4.27. The summed E-state index contributed by atoms with van der Waals surface area (Å²) >= 11 is 1.61. The predicted molar refractivity (Wildman–Crippen MR) is 51.5 cm³/mol. The van der Waals surface area contributed by atoms with Gasteiger partial charge in [0, 0.05) is 12.4 Å². The fourth-order valence-electron chi connectivity index (χ4n) is 0.961. The van der Waals surface area contributed by atoms with Gasteiger partial charge >= 0.3 is 0 Å². The Bertz CT molecular complexity index is 418. The standard InChI is InChI=1S/C8H8N4S/c1-2-13-8-10-4-6-3-9-5-11-7(6)12-8/h3-5H,2H2,1H3. The highest BCUT2D eigenvalue weighted by atomic mass is 32.2. The SMILES string of the molecule is CCSc1ncc2cncnc2n1. The molecule has 0 fully saturated rings. The maximum atomic E-state index is 4.27. The summed E-state index contributed by atoms with van der Waals surface area (Å²) in [5.74, 6) is 0.969. The van der Waals surface area contributed by atoms with Crippen LogP contribution in [0.3, 0.4) is 0 Å². The predicted octanol–water partition coefficient (Wildman–Crippen LogP) is 1.53. The van der Waals surface area contributed by atoms with Gasteiger partial charge in [-0.05, 0) is 5.75 Å². The minimum Gasteiger partial charge on any atom is -0.244 e. The highest BCUT2D eigenvalue weighted by molar-refractivity contribution is 7.99. The van der Waals surface area contributed by atoms with Gasteiger partial charge in [0.25, 0.3) is 0 Å². The number of aromatic nitrogens is 4. The molecule has 0 amide bonds. The van der Waals surface area contributed by atoms with E-state index in [1.54, 1.807) is 24.2 Å². The van der Waals surface area contributed by atoms with Crippen molar-refractivity contribution in [3.05, 3.63) is 18.7 Å². The number of hydrogen-bond donors (Lipinski definition) is 0. The lowest BCUT2D eigenvalue weighted by Gasteiger charge is -1.97. The number of thioether (sulfide) groups is 1. The summed E-state index contributed by atoms with van der Waals surface area (Å²) in [5, 5.41) is 1.65. The average Bonchev–Trinajstić information content (AvgIpc) is 2.18. The lowest BCUT2D eigenvalue weighted by molar-refractivity contribution is 0.981. The maximum Gasteiger partial charge on any atom is 0.189 e. The molecular weight excluding hydrogens is 184 g/mol. The van der Waals surface area contributed by atoms with Crippen LogP contribution in [0, 0.1) is 0 Å². The van der Waals surface area contributed by atoms with Crippen molar-refractivity contribution in [2.75, 3.05) is 5.75 Å². The first kappa shape index (κ1) is 8.37. The number of rotatable bonds is 2. The largest absolute Gasteiger partial charge is 0.244 e. The molecule has 0 aromatic carbocycles. The van der Waals surface area contributed by atoms with Crippen molar-refractivity contribution in [3.63, 3.8) is 0 Å². The van der Waals surface area contributed by atoms with Crippen molar-refractivity contribution in [1.29, 1.82) is 0 Å². The van der Waals surface area contributed by atoms with Crippen LogP contribution in [0.15, 0.2) is 23.9 Å². The van der Waals surface area contributed by atoms with Crippen molar-refractivity contribution in [2.45, 2.75) is 12.1 Å². The third-order valence-corrected chi connectivity index (χ3v) is 2.25. The van der Waals surface area contributed by atoms with Gasteiger partial charge in [-0.3, -0.25) is 0 Å². The molecule has 0 unspecified atom stereocenters. The van der Waals surface area contributed by atoms with Crippen LogP contribution in [0.4, 0.5) is 0 Å². The Kier molecular flexibility index (Phi) is 2.35. The van der Waals surface area contributed by atoms with E-state index in [4.69, 9.17) is 0 Å². The Morgan fingerprint density at radius 1 is 1.31 bits per heavy atom. The first-order valence-electron chi connectivity index (χ1n) is 3.95. The fourth-order valence-corrected chi connectivity index (χ4v) is 1.50. The summed E-state index contributed by atoms with van der Waals surface area (Å²) in [4.78, 5) is 16.4. The van der Waals surface area contributed by atoms with E-state index in [2.05, 4.69) is 26.9 Å². The molecule has 0 saturated carbocycles. The molecule has 4 nitrogen and oxygen atoms in total. The third-order valence-electron chi connectivity index (χ3n) is 1.51. The van der Waals surface area contributed by atoms with Crippen LogP contribution in [0.25, 0.3) is 11.0 Å². The minimum atomic E-state index is 0.709. The molecule has 5 heteroatoms. The van der Waals surface area contributed by atoms with Gasteiger partial charge in [0.15, 0.2) is 10.8 Å². The quantitative estimate of drug-likeness (QED) is 0.533. The molecule has 0 atom stereocenters. The van der Waals surface area contributed by atoms with Crippen LogP contribution in [-0.4, -0.2) is 25.7 Å². The number of fused-ring (bicyclic) bond motifs is 1. The lowest BCUT2D eigenvalue weighted by Crippen LogP contribution is -1.90. The van der Waals surface area contributed by atoms with Crippen LogP contribution in [-0.2, 0) is 0 Å². The zero-order valence-electron chi connectivity index (χ0n) is 7.14. The molecule has 2 heterocycles. The van der Waals surface area contributed by atoms with E-state index >= 15 is 0 Å². The van der Waals surface area contributed by atoms with E-state index in [-0.39, 0.29) is 0 Å². The average molecular weight is 192 g/mol. The molecular formula is C8H8N4S. The third kappa shape index (κ3) is 1.75. The van der Waals surface area contributed by atoms with Gasteiger partial charge in [0.2, 0.25) is 0 Å². The van der Waals surface area contributed by atoms with Gasteiger partial charge in [-0.25, -0.2) is 19.9 Å². The van der Waals surface area contributed by atoms with Gasteiger partial charge in [-0.1, -0.05) is 18.7 Å². The topological polar surface area (TPSA) is 51.6 Å². The summed E-state index contributed by atoms with van der Waals surface area (Å²) in [7, 11) is 0. The Hall–Kier alpha value is -1.23. The molecule has 0 spiro atoms. The molecule has 0 bridgehead atoms. The van der Waals surface area contributed by atoms with Crippen molar-refractivity contribution in [1.82, 2.24) is 19.9 Å². The van der Waals surface area contributed by atoms with E-state index in [1.165, 1.54) is 6.33 Å². The first-order chi connectivity index (χ1) is 6.40. The summed E-state index contributed by atoms with van der Waals surface area (Å²) in [6, 6.07) is 0. The summed E-state index contributed by atoms with van der Waals surface area (Å²) < 4.78 is 0. The summed E-state index contributed by atoms with van der Waals surface area (Å²) in [6.07, 6.45) is 4.96. The normalized spacial score (nSPS) is 10.5. The molecule has 0 aliphatic carbocycles. The van der Waals surface area contributed by atoms with Gasteiger partial charge in [-0.15, -0.1) is 0 Å². The fraction of sp³-hybridized carbons (Fsp3) is 0.250. The second-order valence-corrected chi connectivity index (χ2v) is 3.62. The zero-order chi connectivity index (χ0) is 9.10. The highest BCUT2D eigenvalue weighted by Gasteiger charge is 1.99. The molecule has 0 aliphatic heterocycles. The first-order valence-corrected chi connectivity index (χ1v) is 4.94. The highest BCUT2D eigenvalue weighted by Crippen LogP contribution is 2.13. The van der Waals surface area contributed by atoms with Gasteiger partial charge in [-0.2, -0.15) is 0 Å². The van der Waals surface area contributed by atoms with E-state index in [0.29, 0.717) is 5.65 Å². The van der Waals surface area contributed by atoms with Gasteiger partial charge < -0.3 is 0 Å². The van der Waals surface area contributed by atoms with Crippen LogP contribution < -0.4 is 0 Å². The van der Waals surface area contributed by atoms with E-state index in [1.807, 2.05) is 0 Å². The van der Waals surface area contributed by atoms with E-state index < -0.39 is 0 Å². The van der Waals surface area contributed by atoms with Crippen molar-refractivity contribution >= 4 is 22.8 Å². The summed E-state index contributed by atoms with van der Waals surface area (Å²) in [5.41, 5.74) is 0.709. The van der Waals surface area contributed by atoms with Crippen molar-refractivity contribution in [3.8, 4) is 0 Å². The molecule has 2 aromatic heterocycles. The summed E-state index contributed by atoms with van der Waals surface area (Å²) in [6.45, 7) is 2.07. The second kappa shape index (κ2) is 3.66. The Morgan fingerprint density at radius 2 is 2.23 bits per heavy atom. The van der Waals surface area contributed by atoms with Crippen molar-refractivity contribution in [2.24, 2.45) is 0 Å². The Labute approximate surface area is 79.8 Å². The van der Waals surface area contributed by atoms with E-state index in [0.717, 1.165) is 16.3 Å². The molecule has 0 aliphatic rings. The van der Waals surface area contributed by atoms with Crippen LogP contribution in [0.5, 0.6) is 0 Å². The molecule has 2 rings (SSSR count). The minimum absolute atomic E-state index is 0.709. The van der Waals surface area contributed by atoms with Crippen LogP contribution >= 0.6 is 11.8 Å². The molecule has 13 heavy (non-hydrogen) atoms. The Morgan fingerprint density at radius 3 is 3.08 bits per heavy atom. The molecule has 66 valence electrons.